The van der Waals surface area contributed by atoms with E-state index in [1.165, 1.54) is 12.8 Å². The summed E-state index contributed by atoms with van der Waals surface area (Å²) < 4.78 is 11.0. The first kappa shape index (κ1) is 15.4. The molecule has 0 amide bonds. The molecule has 1 atom stereocenters. The summed E-state index contributed by atoms with van der Waals surface area (Å²) in [6.45, 7) is 3.83. The third-order valence-electron chi connectivity index (χ3n) is 3.28. The van der Waals surface area contributed by atoms with E-state index in [1.807, 2.05) is 30.3 Å². The van der Waals surface area contributed by atoms with Crippen LogP contribution in [0, 0.1) is 5.92 Å². The lowest BCUT2D eigenvalue weighted by atomic mass is 10.2. The number of aliphatic hydroxyl groups excluding tert-OH is 1. The first-order valence-electron chi connectivity index (χ1n) is 7.43. The van der Waals surface area contributed by atoms with E-state index in [9.17, 15) is 5.11 Å². The summed E-state index contributed by atoms with van der Waals surface area (Å²) in [6.07, 6.45) is 2.18. The summed E-state index contributed by atoms with van der Waals surface area (Å²) in [4.78, 5) is 0. The van der Waals surface area contributed by atoms with Gasteiger partial charge in [0.05, 0.1) is 25.9 Å². The van der Waals surface area contributed by atoms with Gasteiger partial charge in [0.1, 0.15) is 0 Å². The van der Waals surface area contributed by atoms with Crippen LogP contribution in [0.15, 0.2) is 30.3 Å². The minimum atomic E-state index is -0.470. The topological polar surface area (TPSA) is 50.7 Å². The van der Waals surface area contributed by atoms with Gasteiger partial charge in [-0.3, -0.25) is 0 Å². The lowest BCUT2D eigenvalue weighted by Gasteiger charge is -2.12. The van der Waals surface area contributed by atoms with E-state index in [0.717, 1.165) is 24.6 Å². The molecule has 0 heterocycles. The quantitative estimate of drug-likeness (QED) is 0.604. The van der Waals surface area contributed by atoms with Crippen molar-refractivity contribution in [1.82, 2.24) is 5.32 Å². The molecule has 1 aromatic rings. The molecule has 1 aliphatic rings. The number of hydrogen-bond donors (Lipinski definition) is 2. The average Bonchev–Trinajstić information content (AvgIpc) is 3.28. The van der Waals surface area contributed by atoms with Crippen LogP contribution in [0.1, 0.15) is 18.4 Å². The summed E-state index contributed by atoms with van der Waals surface area (Å²) in [5.41, 5.74) is 1.13. The van der Waals surface area contributed by atoms with Crippen molar-refractivity contribution in [3.05, 3.63) is 35.9 Å². The Bertz CT molecular complexity index is 354. The van der Waals surface area contributed by atoms with E-state index in [0.29, 0.717) is 26.4 Å². The van der Waals surface area contributed by atoms with Gasteiger partial charge in [0.2, 0.25) is 0 Å². The van der Waals surface area contributed by atoms with Crippen molar-refractivity contribution < 1.29 is 14.6 Å². The van der Waals surface area contributed by atoms with Gasteiger partial charge in [-0.05, 0) is 24.3 Å². The second-order valence-electron chi connectivity index (χ2n) is 5.38. The Morgan fingerprint density at radius 2 is 2.00 bits per heavy atom. The van der Waals surface area contributed by atoms with Crippen LogP contribution in [0.25, 0.3) is 0 Å². The summed E-state index contributed by atoms with van der Waals surface area (Å²) in [7, 11) is 0. The minimum absolute atomic E-state index is 0.352. The van der Waals surface area contributed by atoms with E-state index in [2.05, 4.69) is 5.32 Å². The van der Waals surface area contributed by atoms with E-state index in [-0.39, 0.29) is 0 Å². The Morgan fingerprint density at radius 3 is 2.75 bits per heavy atom. The molecule has 1 saturated carbocycles. The lowest BCUT2D eigenvalue weighted by molar-refractivity contribution is 0.0277. The van der Waals surface area contributed by atoms with Crippen molar-refractivity contribution in [1.29, 1.82) is 0 Å². The van der Waals surface area contributed by atoms with Crippen LogP contribution in [0.5, 0.6) is 0 Å². The molecular weight excluding hydrogens is 254 g/mol. The van der Waals surface area contributed by atoms with E-state index in [1.54, 1.807) is 0 Å². The predicted octanol–water partition coefficient (Wildman–Crippen LogP) is 1.58. The molecule has 0 spiro atoms. The van der Waals surface area contributed by atoms with Gasteiger partial charge in [0, 0.05) is 19.7 Å². The Balaban J connectivity index is 1.40. The molecule has 1 aromatic carbocycles. The number of hydrogen-bond acceptors (Lipinski definition) is 4. The Labute approximate surface area is 121 Å². The molecule has 1 fully saturated rings. The molecule has 20 heavy (non-hydrogen) atoms. The zero-order valence-electron chi connectivity index (χ0n) is 12.0. The maximum atomic E-state index is 9.75. The SMILES string of the molecule is OC(CNCCOCC1CC1)COCc1ccccc1. The Morgan fingerprint density at radius 1 is 1.20 bits per heavy atom. The van der Waals surface area contributed by atoms with E-state index < -0.39 is 6.10 Å². The normalized spacial score (nSPS) is 16.2. The largest absolute Gasteiger partial charge is 0.389 e. The molecule has 1 unspecified atom stereocenters. The first-order chi connectivity index (χ1) is 9.84. The maximum absolute atomic E-state index is 9.75. The van der Waals surface area contributed by atoms with E-state index in [4.69, 9.17) is 9.47 Å². The molecule has 0 bridgehead atoms. The zero-order chi connectivity index (χ0) is 14.0. The van der Waals surface area contributed by atoms with Crippen LogP contribution >= 0.6 is 0 Å². The predicted molar refractivity (Wildman–Crippen MR) is 78.5 cm³/mol. The molecular formula is C16H25NO3. The van der Waals surface area contributed by atoms with Gasteiger partial charge in [-0.25, -0.2) is 0 Å². The highest BCUT2D eigenvalue weighted by Crippen LogP contribution is 2.28. The molecule has 2 N–H and O–H groups in total. The molecule has 4 heteroatoms. The third-order valence-corrected chi connectivity index (χ3v) is 3.28. The maximum Gasteiger partial charge on any atom is 0.0897 e. The summed E-state index contributed by atoms with van der Waals surface area (Å²) >= 11 is 0. The second kappa shape index (κ2) is 9.08. The number of rotatable bonds is 11. The van der Waals surface area contributed by atoms with Crippen LogP contribution in [0.2, 0.25) is 0 Å². The Kier molecular flexibility index (Phi) is 7.01. The summed E-state index contributed by atoms with van der Waals surface area (Å²) in [5, 5.41) is 12.9. The molecule has 0 aliphatic heterocycles. The van der Waals surface area contributed by atoms with Crippen LogP contribution < -0.4 is 5.32 Å². The fourth-order valence-electron chi connectivity index (χ4n) is 1.89. The van der Waals surface area contributed by atoms with Gasteiger partial charge in [0.15, 0.2) is 0 Å². The Hall–Kier alpha value is -0.940. The van der Waals surface area contributed by atoms with Crippen molar-refractivity contribution in [2.45, 2.75) is 25.6 Å². The summed E-state index contributed by atoms with van der Waals surface area (Å²) in [5.74, 6) is 0.812. The highest BCUT2D eigenvalue weighted by molar-refractivity contribution is 5.13. The highest BCUT2D eigenvalue weighted by Gasteiger charge is 2.20. The van der Waals surface area contributed by atoms with Crippen LogP contribution in [-0.2, 0) is 16.1 Å². The van der Waals surface area contributed by atoms with Crippen LogP contribution in [0.3, 0.4) is 0 Å². The molecule has 0 radical (unpaired) electrons. The number of benzene rings is 1. The van der Waals surface area contributed by atoms with Gasteiger partial charge in [0.25, 0.3) is 0 Å². The lowest BCUT2D eigenvalue weighted by Crippen LogP contribution is -2.32. The zero-order valence-corrected chi connectivity index (χ0v) is 12.0. The van der Waals surface area contributed by atoms with Crippen LogP contribution in [-0.4, -0.2) is 44.1 Å². The van der Waals surface area contributed by atoms with Crippen LogP contribution in [0.4, 0.5) is 0 Å². The number of nitrogens with one attached hydrogen (secondary N) is 1. The molecule has 4 nitrogen and oxygen atoms in total. The molecule has 1 aliphatic carbocycles. The molecule has 112 valence electrons. The summed E-state index contributed by atoms with van der Waals surface area (Å²) in [6, 6.07) is 9.98. The van der Waals surface area contributed by atoms with Crippen molar-refractivity contribution in [3.63, 3.8) is 0 Å². The number of ether oxygens (including phenoxy) is 2. The van der Waals surface area contributed by atoms with Gasteiger partial charge in [-0.2, -0.15) is 0 Å². The molecule has 0 aromatic heterocycles. The van der Waals surface area contributed by atoms with Crippen molar-refractivity contribution in [3.8, 4) is 0 Å². The first-order valence-corrected chi connectivity index (χ1v) is 7.43. The van der Waals surface area contributed by atoms with Gasteiger partial charge in [-0.1, -0.05) is 30.3 Å². The smallest absolute Gasteiger partial charge is 0.0897 e. The average molecular weight is 279 g/mol. The minimum Gasteiger partial charge on any atom is -0.389 e. The molecule has 2 rings (SSSR count). The second-order valence-corrected chi connectivity index (χ2v) is 5.38. The third kappa shape index (κ3) is 7.01. The number of aliphatic hydroxyl groups is 1. The van der Waals surface area contributed by atoms with Crippen molar-refractivity contribution >= 4 is 0 Å². The van der Waals surface area contributed by atoms with Crippen molar-refractivity contribution in [2.24, 2.45) is 5.92 Å². The highest BCUT2D eigenvalue weighted by atomic mass is 16.5. The fraction of sp³-hybridized carbons (Fsp3) is 0.625. The molecule has 0 saturated heterocycles. The van der Waals surface area contributed by atoms with Gasteiger partial charge < -0.3 is 19.9 Å². The van der Waals surface area contributed by atoms with E-state index >= 15 is 0 Å². The fourth-order valence-corrected chi connectivity index (χ4v) is 1.89. The van der Waals surface area contributed by atoms with Gasteiger partial charge in [-0.15, -0.1) is 0 Å². The van der Waals surface area contributed by atoms with Crippen molar-refractivity contribution in [2.75, 3.05) is 32.9 Å². The van der Waals surface area contributed by atoms with Gasteiger partial charge >= 0.3 is 0 Å². The standard InChI is InChI=1S/C16H25NO3/c18-16(10-17-8-9-19-11-15-6-7-15)13-20-12-14-4-2-1-3-5-14/h1-5,15-18H,6-13H2. The monoisotopic (exact) mass is 279 g/mol.